The first-order chi connectivity index (χ1) is 10.6. The third-order valence-corrected chi connectivity index (χ3v) is 3.15. The van der Waals surface area contributed by atoms with Crippen LogP contribution in [-0.2, 0) is 0 Å². The minimum absolute atomic E-state index is 0.0391. The van der Waals surface area contributed by atoms with Gasteiger partial charge < -0.3 is 0 Å². The molecule has 0 unspecified atom stereocenters. The van der Waals surface area contributed by atoms with Crippen LogP contribution >= 0.6 is 0 Å². The third kappa shape index (κ3) is 2.44. The summed E-state index contributed by atoms with van der Waals surface area (Å²) in [5.41, 5.74) is 1.23. The van der Waals surface area contributed by atoms with E-state index in [1.165, 1.54) is 29.1 Å². The van der Waals surface area contributed by atoms with Crippen molar-refractivity contribution < 1.29 is 13.7 Å². The Labute approximate surface area is 123 Å². The molecule has 0 radical (unpaired) electrons. The normalized spacial score (nSPS) is 10.6. The van der Waals surface area contributed by atoms with Gasteiger partial charge in [-0.15, -0.1) is 0 Å². The van der Waals surface area contributed by atoms with Gasteiger partial charge in [0, 0.05) is 23.8 Å². The van der Waals surface area contributed by atoms with Crippen LogP contribution in [0.2, 0.25) is 0 Å². The molecule has 22 heavy (non-hydrogen) atoms. The summed E-state index contributed by atoms with van der Waals surface area (Å²) >= 11 is 0. The average molecular weight is 301 g/mol. The molecule has 1 aromatic heterocycles. The molecular weight excluding hydrogens is 292 g/mol. The molecule has 0 amide bonds. The van der Waals surface area contributed by atoms with Crippen LogP contribution < -0.4 is 0 Å². The lowest BCUT2D eigenvalue weighted by Gasteiger charge is -2.08. The SMILES string of the molecule is O=[N+]([O-])c1ccc(-c2ccnn2-c2ccc(F)cc2F)cc1. The third-order valence-electron chi connectivity index (χ3n) is 3.15. The van der Waals surface area contributed by atoms with Gasteiger partial charge in [-0.25, -0.2) is 13.5 Å². The highest BCUT2D eigenvalue weighted by molar-refractivity contribution is 5.63. The van der Waals surface area contributed by atoms with Crippen molar-refractivity contribution in [1.82, 2.24) is 9.78 Å². The lowest BCUT2D eigenvalue weighted by molar-refractivity contribution is -0.384. The maximum absolute atomic E-state index is 13.9. The van der Waals surface area contributed by atoms with E-state index in [0.29, 0.717) is 11.3 Å². The fraction of sp³-hybridized carbons (Fsp3) is 0. The van der Waals surface area contributed by atoms with Crippen LogP contribution in [0.1, 0.15) is 0 Å². The summed E-state index contributed by atoms with van der Waals surface area (Å²) in [6.45, 7) is 0. The van der Waals surface area contributed by atoms with Crippen molar-refractivity contribution in [2.24, 2.45) is 0 Å². The molecule has 0 spiro atoms. The molecule has 3 rings (SSSR count). The fourth-order valence-corrected chi connectivity index (χ4v) is 2.12. The predicted octanol–water partition coefficient (Wildman–Crippen LogP) is 3.73. The Hall–Kier alpha value is -3.09. The Kier molecular flexibility index (Phi) is 3.38. The molecule has 0 saturated heterocycles. The first-order valence-electron chi connectivity index (χ1n) is 6.30. The quantitative estimate of drug-likeness (QED) is 0.547. The van der Waals surface area contributed by atoms with Gasteiger partial charge in [-0.3, -0.25) is 10.1 Å². The molecule has 3 aromatic rings. The average Bonchev–Trinajstić information content (AvgIpc) is 2.96. The van der Waals surface area contributed by atoms with Gasteiger partial charge in [0.15, 0.2) is 5.82 Å². The number of non-ortho nitro benzene ring substituents is 1. The summed E-state index contributed by atoms with van der Waals surface area (Å²) in [4.78, 5) is 10.2. The largest absolute Gasteiger partial charge is 0.269 e. The number of nitro groups is 1. The van der Waals surface area contributed by atoms with Crippen molar-refractivity contribution in [2.45, 2.75) is 0 Å². The van der Waals surface area contributed by atoms with Gasteiger partial charge >= 0.3 is 0 Å². The smallest absolute Gasteiger partial charge is 0.258 e. The van der Waals surface area contributed by atoms with E-state index in [1.54, 1.807) is 18.2 Å². The predicted molar refractivity (Wildman–Crippen MR) is 75.6 cm³/mol. The van der Waals surface area contributed by atoms with E-state index in [-0.39, 0.29) is 11.4 Å². The van der Waals surface area contributed by atoms with Crippen LogP contribution in [0.4, 0.5) is 14.5 Å². The molecule has 2 aromatic carbocycles. The van der Waals surface area contributed by atoms with E-state index >= 15 is 0 Å². The maximum atomic E-state index is 13.9. The molecule has 0 saturated carbocycles. The molecule has 0 bridgehead atoms. The second kappa shape index (κ2) is 5.36. The van der Waals surface area contributed by atoms with Crippen molar-refractivity contribution >= 4 is 5.69 Å². The second-order valence-corrected chi connectivity index (χ2v) is 4.53. The molecule has 7 heteroatoms. The van der Waals surface area contributed by atoms with E-state index < -0.39 is 16.6 Å². The molecule has 0 atom stereocenters. The summed E-state index contributed by atoms with van der Waals surface area (Å²) in [5.74, 6) is -1.42. The first-order valence-corrected chi connectivity index (χ1v) is 6.30. The van der Waals surface area contributed by atoms with Gasteiger partial charge in [-0.2, -0.15) is 5.10 Å². The zero-order valence-electron chi connectivity index (χ0n) is 11.1. The van der Waals surface area contributed by atoms with Gasteiger partial charge in [0.1, 0.15) is 11.5 Å². The standard InChI is InChI=1S/C15H9F2N3O2/c16-11-3-6-15(13(17)9-11)19-14(7-8-18-19)10-1-4-12(5-2-10)20(21)22/h1-9H. The van der Waals surface area contributed by atoms with E-state index in [4.69, 9.17) is 0 Å². The number of hydrogen-bond acceptors (Lipinski definition) is 3. The molecule has 5 nitrogen and oxygen atoms in total. The number of nitrogens with zero attached hydrogens (tertiary/aromatic N) is 3. The minimum Gasteiger partial charge on any atom is -0.258 e. The molecular formula is C15H9F2N3O2. The molecule has 1 heterocycles. The van der Waals surface area contributed by atoms with Crippen LogP contribution in [-0.4, -0.2) is 14.7 Å². The highest BCUT2D eigenvalue weighted by Gasteiger charge is 2.13. The summed E-state index contributed by atoms with van der Waals surface area (Å²) in [6.07, 6.45) is 1.47. The second-order valence-electron chi connectivity index (χ2n) is 4.53. The van der Waals surface area contributed by atoms with Crippen LogP contribution in [0.3, 0.4) is 0 Å². The van der Waals surface area contributed by atoms with Crippen molar-refractivity contribution in [3.8, 4) is 16.9 Å². The number of aromatic nitrogens is 2. The van der Waals surface area contributed by atoms with Gasteiger partial charge in [0.05, 0.1) is 16.8 Å². The van der Waals surface area contributed by atoms with Crippen LogP contribution in [0.15, 0.2) is 54.7 Å². The van der Waals surface area contributed by atoms with Crippen LogP contribution in [0, 0.1) is 21.7 Å². The number of rotatable bonds is 3. The van der Waals surface area contributed by atoms with Gasteiger partial charge in [-0.1, -0.05) is 0 Å². The van der Waals surface area contributed by atoms with Crippen molar-refractivity contribution in [1.29, 1.82) is 0 Å². The maximum Gasteiger partial charge on any atom is 0.269 e. The van der Waals surface area contributed by atoms with Crippen LogP contribution in [0.25, 0.3) is 16.9 Å². The van der Waals surface area contributed by atoms with Crippen LogP contribution in [0.5, 0.6) is 0 Å². The van der Waals surface area contributed by atoms with Gasteiger partial charge in [-0.05, 0) is 30.3 Å². The Balaban J connectivity index is 2.07. The number of halogens is 2. The Morgan fingerprint density at radius 1 is 1.05 bits per heavy atom. The highest BCUT2D eigenvalue weighted by Crippen LogP contribution is 2.25. The van der Waals surface area contributed by atoms with Crippen molar-refractivity contribution in [2.75, 3.05) is 0 Å². The topological polar surface area (TPSA) is 61.0 Å². The molecule has 0 aliphatic rings. The Morgan fingerprint density at radius 3 is 2.41 bits per heavy atom. The Bertz CT molecular complexity index is 844. The number of hydrogen-bond donors (Lipinski definition) is 0. The van der Waals surface area contributed by atoms with E-state index in [2.05, 4.69) is 5.10 Å². The first kappa shape index (κ1) is 13.9. The monoisotopic (exact) mass is 301 g/mol. The molecule has 0 N–H and O–H groups in total. The van der Waals surface area contributed by atoms with Gasteiger partial charge in [0.2, 0.25) is 0 Å². The fourth-order valence-electron chi connectivity index (χ4n) is 2.12. The number of nitro benzene ring substituents is 1. The zero-order chi connectivity index (χ0) is 15.7. The van der Waals surface area contributed by atoms with Gasteiger partial charge in [0.25, 0.3) is 5.69 Å². The van der Waals surface area contributed by atoms with Crippen molar-refractivity contribution in [3.63, 3.8) is 0 Å². The summed E-state index contributed by atoms with van der Waals surface area (Å²) in [7, 11) is 0. The summed E-state index contributed by atoms with van der Waals surface area (Å²) < 4.78 is 28.2. The number of benzene rings is 2. The summed E-state index contributed by atoms with van der Waals surface area (Å²) in [6, 6.07) is 10.6. The highest BCUT2D eigenvalue weighted by atomic mass is 19.1. The Morgan fingerprint density at radius 2 is 1.77 bits per heavy atom. The molecule has 110 valence electrons. The molecule has 0 aliphatic heterocycles. The molecule has 0 aliphatic carbocycles. The lowest BCUT2D eigenvalue weighted by Crippen LogP contribution is -2.02. The summed E-state index contributed by atoms with van der Waals surface area (Å²) in [5, 5.41) is 14.7. The van der Waals surface area contributed by atoms with E-state index in [1.807, 2.05) is 0 Å². The van der Waals surface area contributed by atoms with E-state index in [0.717, 1.165) is 12.1 Å². The van der Waals surface area contributed by atoms with Crippen molar-refractivity contribution in [3.05, 3.63) is 76.5 Å². The molecule has 0 fully saturated rings. The minimum atomic E-state index is -0.744. The van der Waals surface area contributed by atoms with E-state index in [9.17, 15) is 18.9 Å². The zero-order valence-corrected chi connectivity index (χ0v) is 11.1. The lowest BCUT2D eigenvalue weighted by atomic mass is 10.1.